The van der Waals surface area contributed by atoms with E-state index in [2.05, 4.69) is 52.5 Å². The molecule has 2 aromatic rings. The first-order chi connectivity index (χ1) is 9.88. The Kier molecular flexibility index (Phi) is 4.16. The molecule has 1 N–H and O–H groups in total. The maximum Gasteiger partial charge on any atom is 0.136 e. The van der Waals surface area contributed by atoms with Crippen LogP contribution in [0.2, 0.25) is 0 Å². The van der Waals surface area contributed by atoms with Crippen LogP contribution in [-0.4, -0.2) is 31.2 Å². The lowest BCUT2D eigenvalue weighted by Gasteiger charge is -2.33. The number of anilines is 1. The molecular formula is C17H23N3. The largest absolute Gasteiger partial charge is 0.356 e. The lowest BCUT2D eigenvalue weighted by molar-refractivity contribution is 0.386. The van der Waals surface area contributed by atoms with Crippen molar-refractivity contribution in [2.45, 2.75) is 19.8 Å². The number of fused-ring (bicyclic) bond motifs is 1. The fraction of sp³-hybridized carbons (Fsp3) is 0.471. The summed E-state index contributed by atoms with van der Waals surface area (Å²) in [6.07, 6.45) is 4.46. The van der Waals surface area contributed by atoms with Crippen LogP contribution in [0.1, 0.15) is 19.8 Å². The fourth-order valence-electron chi connectivity index (χ4n) is 3.05. The SMILES string of the molecule is CCNCC1CCN(c2nccc3ccccc23)CC1. The van der Waals surface area contributed by atoms with Crippen molar-refractivity contribution in [3.63, 3.8) is 0 Å². The van der Waals surface area contributed by atoms with Crippen molar-refractivity contribution in [2.75, 3.05) is 31.1 Å². The fourth-order valence-corrected chi connectivity index (χ4v) is 3.05. The quantitative estimate of drug-likeness (QED) is 0.924. The van der Waals surface area contributed by atoms with Crippen LogP contribution in [0.3, 0.4) is 0 Å². The topological polar surface area (TPSA) is 28.2 Å². The zero-order valence-corrected chi connectivity index (χ0v) is 12.2. The van der Waals surface area contributed by atoms with Crippen molar-refractivity contribution in [3.8, 4) is 0 Å². The van der Waals surface area contributed by atoms with E-state index in [0.29, 0.717) is 0 Å². The van der Waals surface area contributed by atoms with Crippen LogP contribution in [0.25, 0.3) is 10.8 Å². The Hall–Kier alpha value is -1.61. The summed E-state index contributed by atoms with van der Waals surface area (Å²) in [4.78, 5) is 7.08. The van der Waals surface area contributed by atoms with Crippen molar-refractivity contribution < 1.29 is 0 Å². The number of nitrogens with one attached hydrogen (secondary N) is 1. The molecule has 0 unspecified atom stereocenters. The predicted molar refractivity (Wildman–Crippen MR) is 85.2 cm³/mol. The normalized spacial score (nSPS) is 16.8. The van der Waals surface area contributed by atoms with Gasteiger partial charge in [-0.3, -0.25) is 0 Å². The molecule has 1 saturated heterocycles. The molecule has 106 valence electrons. The minimum absolute atomic E-state index is 0.821. The number of hydrogen-bond donors (Lipinski definition) is 1. The van der Waals surface area contributed by atoms with Crippen LogP contribution in [-0.2, 0) is 0 Å². The molecule has 3 nitrogen and oxygen atoms in total. The average molecular weight is 269 g/mol. The van der Waals surface area contributed by atoms with Gasteiger partial charge in [0.05, 0.1) is 0 Å². The minimum atomic E-state index is 0.821. The van der Waals surface area contributed by atoms with Gasteiger partial charge in [0.1, 0.15) is 5.82 Å². The molecule has 0 aliphatic carbocycles. The van der Waals surface area contributed by atoms with Gasteiger partial charge in [0.15, 0.2) is 0 Å². The molecule has 0 spiro atoms. The van der Waals surface area contributed by atoms with Gasteiger partial charge in [-0.2, -0.15) is 0 Å². The smallest absolute Gasteiger partial charge is 0.136 e. The molecular weight excluding hydrogens is 246 g/mol. The molecule has 0 saturated carbocycles. The van der Waals surface area contributed by atoms with Gasteiger partial charge in [-0.1, -0.05) is 31.2 Å². The van der Waals surface area contributed by atoms with E-state index in [-0.39, 0.29) is 0 Å². The molecule has 20 heavy (non-hydrogen) atoms. The van der Waals surface area contributed by atoms with E-state index in [1.54, 1.807) is 0 Å². The Morgan fingerprint density at radius 1 is 1.20 bits per heavy atom. The van der Waals surface area contributed by atoms with Crippen LogP contribution < -0.4 is 10.2 Å². The second-order valence-electron chi connectivity index (χ2n) is 5.59. The number of rotatable bonds is 4. The molecule has 3 rings (SSSR count). The van der Waals surface area contributed by atoms with Gasteiger partial charge in [-0.15, -0.1) is 0 Å². The molecule has 0 amide bonds. The predicted octanol–water partition coefficient (Wildman–Crippen LogP) is 3.06. The lowest BCUT2D eigenvalue weighted by atomic mass is 9.96. The molecule has 0 atom stereocenters. The van der Waals surface area contributed by atoms with Crippen molar-refractivity contribution in [1.82, 2.24) is 10.3 Å². The molecule has 1 aliphatic heterocycles. The zero-order chi connectivity index (χ0) is 13.8. The first-order valence-electron chi connectivity index (χ1n) is 7.68. The molecule has 3 heteroatoms. The molecule has 1 aliphatic rings. The molecule has 2 heterocycles. The number of nitrogens with zero attached hydrogens (tertiary/aromatic N) is 2. The molecule has 0 bridgehead atoms. The van der Waals surface area contributed by atoms with Crippen LogP contribution >= 0.6 is 0 Å². The van der Waals surface area contributed by atoms with Gasteiger partial charge in [0.25, 0.3) is 0 Å². The summed E-state index contributed by atoms with van der Waals surface area (Å²) in [7, 11) is 0. The Labute approximate surface area is 121 Å². The first-order valence-corrected chi connectivity index (χ1v) is 7.68. The Balaban J connectivity index is 1.74. The summed E-state index contributed by atoms with van der Waals surface area (Å²) in [5, 5.41) is 6.03. The summed E-state index contributed by atoms with van der Waals surface area (Å²) >= 11 is 0. The average Bonchev–Trinajstić information content (AvgIpc) is 2.53. The summed E-state index contributed by atoms with van der Waals surface area (Å²) in [5.74, 6) is 1.98. The van der Waals surface area contributed by atoms with Crippen LogP contribution in [0.4, 0.5) is 5.82 Å². The lowest BCUT2D eigenvalue weighted by Crippen LogP contribution is -2.37. The third-order valence-electron chi connectivity index (χ3n) is 4.25. The summed E-state index contributed by atoms with van der Waals surface area (Å²) in [5.41, 5.74) is 0. The van der Waals surface area contributed by atoms with Crippen molar-refractivity contribution in [3.05, 3.63) is 36.5 Å². The molecule has 1 aromatic carbocycles. The van der Waals surface area contributed by atoms with E-state index in [1.807, 2.05) is 6.20 Å². The van der Waals surface area contributed by atoms with Gasteiger partial charge < -0.3 is 10.2 Å². The maximum atomic E-state index is 4.63. The van der Waals surface area contributed by atoms with E-state index in [0.717, 1.165) is 37.9 Å². The van der Waals surface area contributed by atoms with Crippen LogP contribution in [0, 0.1) is 5.92 Å². The number of hydrogen-bond acceptors (Lipinski definition) is 3. The van der Waals surface area contributed by atoms with Gasteiger partial charge in [-0.25, -0.2) is 4.98 Å². The molecule has 0 radical (unpaired) electrons. The van der Waals surface area contributed by atoms with Gasteiger partial charge in [0.2, 0.25) is 0 Å². The van der Waals surface area contributed by atoms with Crippen LogP contribution in [0.5, 0.6) is 0 Å². The van der Waals surface area contributed by atoms with E-state index in [9.17, 15) is 0 Å². The van der Waals surface area contributed by atoms with E-state index < -0.39 is 0 Å². The third-order valence-corrected chi connectivity index (χ3v) is 4.25. The van der Waals surface area contributed by atoms with E-state index >= 15 is 0 Å². The van der Waals surface area contributed by atoms with Crippen LogP contribution in [0.15, 0.2) is 36.5 Å². The number of benzene rings is 1. The Morgan fingerprint density at radius 3 is 2.80 bits per heavy atom. The van der Waals surface area contributed by atoms with Crippen molar-refractivity contribution in [1.29, 1.82) is 0 Å². The monoisotopic (exact) mass is 269 g/mol. The Morgan fingerprint density at radius 2 is 2.00 bits per heavy atom. The highest BCUT2D eigenvalue weighted by Crippen LogP contribution is 2.27. The van der Waals surface area contributed by atoms with Gasteiger partial charge in [0, 0.05) is 24.7 Å². The second kappa shape index (κ2) is 6.23. The van der Waals surface area contributed by atoms with Gasteiger partial charge in [-0.05, 0) is 43.3 Å². The second-order valence-corrected chi connectivity index (χ2v) is 5.59. The zero-order valence-electron chi connectivity index (χ0n) is 12.2. The number of piperidine rings is 1. The number of pyridine rings is 1. The Bertz CT molecular complexity index is 554. The van der Waals surface area contributed by atoms with E-state index in [1.165, 1.54) is 23.6 Å². The van der Waals surface area contributed by atoms with E-state index in [4.69, 9.17) is 0 Å². The summed E-state index contributed by atoms with van der Waals surface area (Å²) in [6, 6.07) is 10.6. The van der Waals surface area contributed by atoms with Crippen molar-refractivity contribution in [2.24, 2.45) is 5.92 Å². The molecule has 1 aromatic heterocycles. The summed E-state index contributed by atoms with van der Waals surface area (Å²) in [6.45, 7) is 6.65. The third kappa shape index (κ3) is 2.78. The highest BCUT2D eigenvalue weighted by molar-refractivity contribution is 5.92. The minimum Gasteiger partial charge on any atom is -0.356 e. The highest BCUT2D eigenvalue weighted by atomic mass is 15.2. The first kappa shape index (κ1) is 13.4. The summed E-state index contributed by atoms with van der Waals surface area (Å²) < 4.78 is 0. The molecule has 1 fully saturated rings. The number of aromatic nitrogens is 1. The van der Waals surface area contributed by atoms with Crippen molar-refractivity contribution >= 4 is 16.6 Å². The highest BCUT2D eigenvalue weighted by Gasteiger charge is 2.20. The standard InChI is InChI=1S/C17H23N3/c1-2-18-13-14-8-11-20(12-9-14)17-16-6-4-3-5-15(16)7-10-19-17/h3-7,10,14,18H,2,8-9,11-13H2,1H3. The maximum absolute atomic E-state index is 4.63. The van der Waals surface area contributed by atoms with Gasteiger partial charge >= 0.3 is 0 Å².